The maximum absolute atomic E-state index is 11.8. The number of carbonyl (C=O) groups is 1. The summed E-state index contributed by atoms with van der Waals surface area (Å²) in [6.45, 7) is 5.87. The van der Waals surface area contributed by atoms with Crippen molar-refractivity contribution < 1.29 is 19.5 Å². The molecular formula is C15H17NO4. The SMILES string of the molecule is COc1cc(/C=C2\C(=O)ON=C2C(C)(C)C)ccc1O. The number of nitrogens with zero attached hydrogens (tertiary/aromatic N) is 1. The zero-order valence-corrected chi connectivity index (χ0v) is 11.9. The van der Waals surface area contributed by atoms with Gasteiger partial charge in [0.1, 0.15) is 5.71 Å². The van der Waals surface area contributed by atoms with E-state index >= 15 is 0 Å². The maximum atomic E-state index is 11.8. The smallest absolute Gasteiger partial charge is 0.367 e. The second-order valence-corrected chi connectivity index (χ2v) is 5.56. The molecule has 20 heavy (non-hydrogen) atoms. The van der Waals surface area contributed by atoms with E-state index in [0.29, 0.717) is 17.0 Å². The van der Waals surface area contributed by atoms with Gasteiger partial charge in [-0.1, -0.05) is 32.0 Å². The zero-order chi connectivity index (χ0) is 14.9. The Morgan fingerprint density at radius 3 is 2.65 bits per heavy atom. The van der Waals surface area contributed by atoms with Gasteiger partial charge in [0, 0.05) is 5.41 Å². The summed E-state index contributed by atoms with van der Waals surface area (Å²) >= 11 is 0. The first-order valence-electron chi connectivity index (χ1n) is 6.22. The fourth-order valence-corrected chi connectivity index (χ4v) is 1.90. The Bertz CT molecular complexity index is 609. The first-order valence-corrected chi connectivity index (χ1v) is 6.22. The van der Waals surface area contributed by atoms with E-state index in [2.05, 4.69) is 5.16 Å². The number of phenolic OH excluding ortho intramolecular Hbond substituents is 1. The normalized spacial score (nSPS) is 17.1. The standard InChI is InChI=1S/C15H17NO4/c1-15(2,3)13-10(14(18)20-16-13)7-9-5-6-11(17)12(8-9)19-4/h5-8,17H,1-4H3/b10-7-. The third-order valence-corrected chi connectivity index (χ3v) is 2.92. The number of hydrogen-bond donors (Lipinski definition) is 1. The van der Waals surface area contributed by atoms with Gasteiger partial charge in [0.05, 0.1) is 12.7 Å². The molecule has 0 aromatic heterocycles. The molecule has 0 spiro atoms. The predicted octanol–water partition coefficient (Wildman–Crippen LogP) is 2.74. The van der Waals surface area contributed by atoms with Crippen LogP contribution in [0.15, 0.2) is 28.9 Å². The molecule has 1 aliphatic heterocycles. The van der Waals surface area contributed by atoms with Crippen molar-refractivity contribution in [3.05, 3.63) is 29.3 Å². The Hall–Kier alpha value is -2.30. The second-order valence-electron chi connectivity index (χ2n) is 5.56. The monoisotopic (exact) mass is 275 g/mol. The van der Waals surface area contributed by atoms with Gasteiger partial charge in [0.25, 0.3) is 0 Å². The summed E-state index contributed by atoms with van der Waals surface area (Å²) in [4.78, 5) is 16.5. The molecule has 1 aromatic rings. The lowest BCUT2D eigenvalue weighted by molar-refractivity contribution is -0.136. The van der Waals surface area contributed by atoms with Crippen molar-refractivity contribution in [3.63, 3.8) is 0 Å². The van der Waals surface area contributed by atoms with Gasteiger partial charge in [0.2, 0.25) is 0 Å². The van der Waals surface area contributed by atoms with E-state index in [1.54, 1.807) is 18.2 Å². The van der Waals surface area contributed by atoms with Crippen molar-refractivity contribution in [3.8, 4) is 11.5 Å². The summed E-state index contributed by atoms with van der Waals surface area (Å²) < 4.78 is 5.05. The molecule has 5 heteroatoms. The molecule has 1 aliphatic rings. The lowest BCUT2D eigenvalue weighted by Crippen LogP contribution is -2.21. The molecule has 5 nitrogen and oxygen atoms in total. The van der Waals surface area contributed by atoms with E-state index in [4.69, 9.17) is 9.57 Å². The van der Waals surface area contributed by atoms with Crippen LogP contribution in [0.5, 0.6) is 11.5 Å². The van der Waals surface area contributed by atoms with Gasteiger partial charge in [-0.05, 0) is 23.8 Å². The predicted molar refractivity (Wildman–Crippen MR) is 75.6 cm³/mol. The molecule has 2 rings (SSSR count). The number of rotatable bonds is 2. The van der Waals surface area contributed by atoms with Gasteiger partial charge >= 0.3 is 5.97 Å². The van der Waals surface area contributed by atoms with Crippen LogP contribution in [0.1, 0.15) is 26.3 Å². The van der Waals surface area contributed by atoms with Gasteiger partial charge in [-0.3, -0.25) is 0 Å². The molecule has 0 unspecified atom stereocenters. The Morgan fingerprint density at radius 2 is 2.05 bits per heavy atom. The van der Waals surface area contributed by atoms with E-state index < -0.39 is 5.97 Å². The Kier molecular flexibility index (Phi) is 3.53. The molecule has 1 aromatic carbocycles. The summed E-state index contributed by atoms with van der Waals surface area (Å²) in [6.07, 6.45) is 1.68. The van der Waals surface area contributed by atoms with Crippen LogP contribution in [0, 0.1) is 5.41 Å². The fourth-order valence-electron chi connectivity index (χ4n) is 1.90. The minimum Gasteiger partial charge on any atom is -0.504 e. The first-order chi connectivity index (χ1) is 9.32. The van der Waals surface area contributed by atoms with Crippen LogP contribution in [-0.2, 0) is 9.63 Å². The second kappa shape index (κ2) is 5.00. The number of oxime groups is 1. The van der Waals surface area contributed by atoms with Gasteiger partial charge in [0.15, 0.2) is 11.5 Å². The molecule has 0 atom stereocenters. The van der Waals surface area contributed by atoms with Crippen molar-refractivity contribution >= 4 is 17.8 Å². The number of ether oxygens (including phenoxy) is 1. The molecule has 0 amide bonds. The lowest BCUT2D eigenvalue weighted by Gasteiger charge is -2.16. The fraction of sp³-hybridized carbons (Fsp3) is 0.333. The molecule has 0 saturated carbocycles. The first kappa shape index (κ1) is 14.1. The van der Waals surface area contributed by atoms with E-state index in [9.17, 15) is 9.90 Å². The van der Waals surface area contributed by atoms with Crippen LogP contribution in [0.4, 0.5) is 0 Å². The molecule has 0 aliphatic carbocycles. The van der Waals surface area contributed by atoms with Crippen molar-refractivity contribution in [2.24, 2.45) is 10.6 Å². The quantitative estimate of drug-likeness (QED) is 0.665. The van der Waals surface area contributed by atoms with Gasteiger partial charge in [-0.15, -0.1) is 0 Å². The molecule has 0 bridgehead atoms. The topological polar surface area (TPSA) is 68.1 Å². The number of carbonyl (C=O) groups excluding carboxylic acids is 1. The zero-order valence-electron chi connectivity index (χ0n) is 11.9. The lowest BCUT2D eigenvalue weighted by atomic mass is 9.85. The third-order valence-electron chi connectivity index (χ3n) is 2.92. The summed E-state index contributed by atoms with van der Waals surface area (Å²) in [7, 11) is 1.47. The van der Waals surface area contributed by atoms with E-state index in [0.717, 1.165) is 5.56 Å². The minimum absolute atomic E-state index is 0.0494. The van der Waals surface area contributed by atoms with E-state index in [1.165, 1.54) is 13.2 Å². The highest BCUT2D eigenvalue weighted by Crippen LogP contribution is 2.31. The highest BCUT2D eigenvalue weighted by molar-refractivity contribution is 6.26. The van der Waals surface area contributed by atoms with Crippen LogP contribution in [-0.4, -0.2) is 23.9 Å². The van der Waals surface area contributed by atoms with Crippen LogP contribution in [0.3, 0.4) is 0 Å². The molecule has 106 valence electrons. The van der Waals surface area contributed by atoms with Crippen LogP contribution in [0.25, 0.3) is 6.08 Å². The highest BCUT2D eigenvalue weighted by atomic mass is 16.7. The Labute approximate surface area is 117 Å². The number of methoxy groups -OCH3 is 1. The van der Waals surface area contributed by atoms with E-state index in [1.807, 2.05) is 20.8 Å². The third kappa shape index (κ3) is 2.66. The maximum Gasteiger partial charge on any atom is 0.367 e. The van der Waals surface area contributed by atoms with Crippen molar-refractivity contribution in [1.29, 1.82) is 0 Å². The van der Waals surface area contributed by atoms with Crippen molar-refractivity contribution in [1.82, 2.24) is 0 Å². The van der Waals surface area contributed by atoms with Crippen LogP contribution in [0.2, 0.25) is 0 Å². The van der Waals surface area contributed by atoms with Crippen LogP contribution < -0.4 is 4.74 Å². The van der Waals surface area contributed by atoms with Gasteiger partial charge in [-0.25, -0.2) is 4.79 Å². The average molecular weight is 275 g/mol. The number of aromatic hydroxyl groups is 1. The molecular weight excluding hydrogens is 258 g/mol. The summed E-state index contributed by atoms with van der Waals surface area (Å²) in [5.74, 6) is -0.0738. The summed E-state index contributed by atoms with van der Waals surface area (Å²) in [5.41, 5.74) is 1.46. The number of phenols is 1. The summed E-state index contributed by atoms with van der Waals surface area (Å²) in [5, 5.41) is 13.4. The Balaban J connectivity index is 2.44. The van der Waals surface area contributed by atoms with Gasteiger partial charge < -0.3 is 14.7 Å². The number of benzene rings is 1. The summed E-state index contributed by atoms with van der Waals surface area (Å²) in [6, 6.07) is 4.85. The molecule has 0 saturated heterocycles. The van der Waals surface area contributed by atoms with Crippen molar-refractivity contribution in [2.45, 2.75) is 20.8 Å². The molecule has 0 fully saturated rings. The Morgan fingerprint density at radius 1 is 1.35 bits per heavy atom. The largest absolute Gasteiger partial charge is 0.504 e. The molecule has 0 radical (unpaired) electrons. The highest BCUT2D eigenvalue weighted by Gasteiger charge is 2.33. The van der Waals surface area contributed by atoms with E-state index in [-0.39, 0.29) is 11.2 Å². The van der Waals surface area contributed by atoms with Gasteiger partial charge in [-0.2, -0.15) is 0 Å². The average Bonchev–Trinajstić information content (AvgIpc) is 2.73. The van der Waals surface area contributed by atoms with Crippen molar-refractivity contribution in [2.75, 3.05) is 7.11 Å². The molecule has 1 heterocycles. The van der Waals surface area contributed by atoms with Crippen LogP contribution >= 0.6 is 0 Å². The minimum atomic E-state index is -0.470. The molecule has 1 N–H and O–H groups in total. The number of hydrogen-bond acceptors (Lipinski definition) is 5.